The Labute approximate surface area is 107 Å². The van der Waals surface area contributed by atoms with Gasteiger partial charge in [0.2, 0.25) is 0 Å². The number of benzene rings is 1. The van der Waals surface area contributed by atoms with Crippen LogP contribution in [0.4, 0.5) is 8.78 Å². The molecule has 0 aliphatic carbocycles. The van der Waals surface area contributed by atoms with Gasteiger partial charge in [0.1, 0.15) is 0 Å². The largest absolute Gasteiger partial charge is 0.329 e. The molecule has 3 atom stereocenters. The number of nitrogens with zero attached hydrogens (tertiary/aromatic N) is 1. The first-order valence-electron chi connectivity index (χ1n) is 6.42. The van der Waals surface area contributed by atoms with Gasteiger partial charge < -0.3 is 5.73 Å². The van der Waals surface area contributed by atoms with Crippen molar-refractivity contribution in [2.24, 2.45) is 17.6 Å². The van der Waals surface area contributed by atoms with Crippen LogP contribution in [0.5, 0.6) is 0 Å². The third-order valence-corrected chi connectivity index (χ3v) is 4.01. The van der Waals surface area contributed by atoms with E-state index in [0.29, 0.717) is 18.4 Å². The van der Waals surface area contributed by atoms with E-state index in [4.69, 9.17) is 5.73 Å². The maximum Gasteiger partial charge on any atom is 0.159 e. The minimum Gasteiger partial charge on any atom is -0.329 e. The van der Waals surface area contributed by atoms with E-state index in [-0.39, 0.29) is 6.04 Å². The monoisotopic (exact) mass is 254 g/mol. The minimum absolute atomic E-state index is 0.0208. The molecule has 2 nitrogen and oxygen atoms in total. The summed E-state index contributed by atoms with van der Waals surface area (Å²) in [5.74, 6) is -0.377. The van der Waals surface area contributed by atoms with Gasteiger partial charge in [-0.15, -0.1) is 0 Å². The fourth-order valence-corrected chi connectivity index (χ4v) is 2.64. The number of likely N-dealkylation sites (tertiary alicyclic amines) is 1. The standard InChI is InChI=1S/C14H20F2N2/c1-9-7-18(8-10(9)2)14(6-17)11-3-4-12(15)13(16)5-11/h3-5,9-10,14H,6-8,17H2,1-2H3. The predicted molar refractivity (Wildman–Crippen MR) is 68.1 cm³/mol. The quantitative estimate of drug-likeness (QED) is 0.898. The first kappa shape index (κ1) is 13.4. The highest BCUT2D eigenvalue weighted by atomic mass is 19.2. The van der Waals surface area contributed by atoms with Crippen molar-refractivity contribution >= 4 is 0 Å². The summed E-state index contributed by atoms with van der Waals surface area (Å²) in [4.78, 5) is 2.27. The number of halogens is 2. The Balaban J connectivity index is 2.20. The summed E-state index contributed by atoms with van der Waals surface area (Å²) in [6.45, 7) is 6.77. The highest BCUT2D eigenvalue weighted by Crippen LogP contribution is 2.30. The van der Waals surface area contributed by atoms with Gasteiger partial charge >= 0.3 is 0 Å². The van der Waals surface area contributed by atoms with E-state index in [1.54, 1.807) is 6.07 Å². The Kier molecular flexibility index (Phi) is 3.97. The van der Waals surface area contributed by atoms with Gasteiger partial charge in [-0.1, -0.05) is 19.9 Å². The molecule has 2 N–H and O–H groups in total. The minimum atomic E-state index is -0.808. The van der Waals surface area contributed by atoms with Crippen molar-refractivity contribution in [1.82, 2.24) is 4.90 Å². The van der Waals surface area contributed by atoms with E-state index in [9.17, 15) is 8.78 Å². The van der Waals surface area contributed by atoms with Crippen LogP contribution in [0.1, 0.15) is 25.5 Å². The topological polar surface area (TPSA) is 29.3 Å². The Bertz CT molecular complexity index is 412. The first-order chi connectivity index (χ1) is 8.52. The van der Waals surface area contributed by atoms with E-state index < -0.39 is 11.6 Å². The fraction of sp³-hybridized carbons (Fsp3) is 0.571. The van der Waals surface area contributed by atoms with E-state index in [1.165, 1.54) is 12.1 Å². The van der Waals surface area contributed by atoms with Gasteiger partial charge in [0.15, 0.2) is 11.6 Å². The van der Waals surface area contributed by atoms with E-state index in [0.717, 1.165) is 18.7 Å². The second-order valence-corrected chi connectivity index (χ2v) is 5.33. The Hall–Kier alpha value is -1.00. The summed E-state index contributed by atoms with van der Waals surface area (Å²) in [5.41, 5.74) is 6.57. The molecule has 100 valence electrons. The van der Waals surface area contributed by atoms with Gasteiger partial charge in [0, 0.05) is 25.7 Å². The Morgan fingerprint density at radius 1 is 1.22 bits per heavy atom. The molecule has 0 radical (unpaired) electrons. The van der Waals surface area contributed by atoms with Crippen LogP contribution in [0.2, 0.25) is 0 Å². The third-order valence-electron chi connectivity index (χ3n) is 4.01. The fourth-order valence-electron chi connectivity index (χ4n) is 2.64. The second-order valence-electron chi connectivity index (χ2n) is 5.33. The summed E-state index contributed by atoms with van der Waals surface area (Å²) in [5, 5.41) is 0. The van der Waals surface area contributed by atoms with Crippen molar-refractivity contribution in [3.63, 3.8) is 0 Å². The molecule has 1 saturated heterocycles. The van der Waals surface area contributed by atoms with Crippen molar-refractivity contribution in [2.75, 3.05) is 19.6 Å². The molecule has 0 spiro atoms. The highest BCUT2D eigenvalue weighted by Gasteiger charge is 2.31. The number of hydrogen-bond donors (Lipinski definition) is 1. The lowest BCUT2D eigenvalue weighted by atomic mass is 10.0. The molecule has 4 heteroatoms. The second kappa shape index (κ2) is 5.33. The summed E-state index contributed by atoms with van der Waals surface area (Å²) >= 11 is 0. The Morgan fingerprint density at radius 3 is 2.33 bits per heavy atom. The van der Waals surface area contributed by atoms with Gasteiger partial charge in [-0.2, -0.15) is 0 Å². The average molecular weight is 254 g/mol. The zero-order valence-corrected chi connectivity index (χ0v) is 10.9. The molecule has 1 aromatic rings. The number of rotatable bonds is 3. The third kappa shape index (κ3) is 2.54. The summed E-state index contributed by atoms with van der Waals surface area (Å²) in [7, 11) is 0. The number of hydrogen-bond acceptors (Lipinski definition) is 2. The zero-order valence-electron chi connectivity index (χ0n) is 10.9. The normalized spacial score (nSPS) is 26.5. The summed E-state index contributed by atoms with van der Waals surface area (Å²) in [6.07, 6.45) is 0. The van der Waals surface area contributed by atoms with E-state index in [1.807, 2.05) is 0 Å². The predicted octanol–water partition coefficient (Wildman–Crippen LogP) is 2.55. The van der Waals surface area contributed by atoms with Gasteiger partial charge in [0.05, 0.1) is 0 Å². The van der Waals surface area contributed by atoms with Crippen molar-refractivity contribution < 1.29 is 8.78 Å². The molecular weight excluding hydrogens is 234 g/mol. The smallest absolute Gasteiger partial charge is 0.159 e. The highest BCUT2D eigenvalue weighted by molar-refractivity contribution is 5.22. The van der Waals surface area contributed by atoms with Crippen molar-refractivity contribution in [3.05, 3.63) is 35.4 Å². The Morgan fingerprint density at radius 2 is 1.83 bits per heavy atom. The van der Waals surface area contributed by atoms with Crippen molar-refractivity contribution in [1.29, 1.82) is 0 Å². The van der Waals surface area contributed by atoms with Crippen LogP contribution >= 0.6 is 0 Å². The van der Waals surface area contributed by atoms with Gasteiger partial charge in [0.25, 0.3) is 0 Å². The molecule has 1 aliphatic heterocycles. The van der Waals surface area contributed by atoms with Crippen LogP contribution in [0.15, 0.2) is 18.2 Å². The van der Waals surface area contributed by atoms with Crippen LogP contribution in [0.25, 0.3) is 0 Å². The molecule has 2 rings (SSSR count). The lowest BCUT2D eigenvalue weighted by Gasteiger charge is -2.27. The summed E-state index contributed by atoms with van der Waals surface area (Å²) in [6, 6.07) is 4.05. The van der Waals surface area contributed by atoms with Crippen LogP contribution in [0, 0.1) is 23.5 Å². The van der Waals surface area contributed by atoms with Crippen LogP contribution in [-0.4, -0.2) is 24.5 Å². The van der Waals surface area contributed by atoms with Crippen molar-refractivity contribution in [2.45, 2.75) is 19.9 Å². The van der Waals surface area contributed by atoms with Crippen LogP contribution in [-0.2, 0) is 0 Å². The maximum atomic E-state index is 13.3. The molecule has 3 unspecified atom stereocenters. The SMILES string of the molecule is CC1CN(C(CN)c2ccc(F)c(F)c2)CC1C. The molecular formula is C14H20F2N2. The maximum absolute atomic E-state index is 13.3. The van der Waals surface area contributed by atoms with E-state index in [2.05, 4.69) is 18.7 Å². The lowest BCUT2D eigenvalue weighted by Crippen LogP contribution is -2.32. The lowest BCUT2D eigenvalue weighted by molar-refractivity contribution is 0.239. The zero-order chi connectivity index (χ0) is 13.3. The van der Waals surface area contributed by atoms with Gasteiger partial charge in [-0.05, 0) is 29.5 Å². The van der Waals surface area contributed by atoms with Gasteiger partial charge in [-0.3, -0.25) is 4.90 Å². The molecule has 0 amide bonds. The van der Waals surface area contributed by atoms with Gasteiger partial charge in [-0.25, -0.2) is 8.78 Å². The average Bonchev–Trinajstić information content (AvgIpc) is 2.65. The molecule has 0 bridgehead atoms. The molecule has 1 aliphatic rings. The molecule has 1 fully saturated rings. The molecule has 0 aromatic heterocycles. The van der Waals surface area contributed by atoms with Crippen LogP contribution < -0.4 is 5.73 Å². The molecule has 1 heterocycles. The first-order valence-corrected chi connectivity index (χ1v) is 6.42. The van der Waals surface area contributed by atoms with Crippen LogP contribution in [0.3, 0.4) is 0 Å². The summed E-state index contributed by atoms with van der Waals surface area (Å²) < 4.78 is 26.2. The molecule has 18 heavy (non-hydrogen) atoms. The van der Waals surface area contributed by atoms with Crippen molar-refractivity contribution in [3.8, 4) is 0 Å². The molecule has 0 saturated carbocycles. The molecule has 1 aromatic carbocycles. The number of nitrogens with two attached hydrogens (primary N) is 1. The van der Waals surface area contributed by atoms with E-state index >= 15 is 0 Å².